The van der Waals surface area contributed by atoms with Crippen LogP contribution in [0, 0.1) is 5.82 Å². The number of aliphatic hydroxyl groups excluding tert-OH is 1. The molecule has 1 aromatic carbocycles. The summed E-state index contributed by atoms with van der Waals surface area (Å²) in [5, 5.41) is 17.2. The number of aliphatic carboxylic acids is 1. The van der Waals surface area contributed by atoms with Crippen LogP contribution in [0.3, 0.4) is 0 Å². The van der Waals surface area contributed by atoms with Gasteiger partial charge in [0.25, 0.3) is 0 Å². The van der Waals surface area contributed by atoms with Crippen molar-refractivity contribution in [1.82, 2.24) is 0 Å². The highest BCUT2D eigenvalue weighted by atomic mass is 19.1. The third-order valence-electron chi connectivity index (χ3n) is 1.77. The Morgan fingerprint density at radius 2 is 2.13 bits per heavy atom. The summed E-state index contributed by atoms with van der Waals surface area (Å²) in [7, 11) is 0. The molecule has 2 N–H and O–H groups in total. The molecular weight excluding hydrogens is 199 g/mol. The van der Waals surface area contributed by atoms with E-state index in [0.29, 0.717) is 11.1 Å². The predicted octanol–water partition coefficient (Wildman–Crippen LogP) is 1.81. The van der Waals surface area contributed by atoms with Crippen LogP contribution in [-0.4, -0.2) is 16.2 Å². The molecule has 0 aliphatic heterocycles. The first-order chi connectivity index (χ1) is 7.11. The Labute approximate surface area is 86.5 Å². The maximum atomic E-state index is 12.9. The first-order valence-corrected chi connectivity index (χ1v) is 4.40. The second-order valence-electron chi connectivity index (χ2n) is 3.05. The van der Waals surface area contributed by atoms with Crippen LogP contribution in [0.25, 0.3) is 6.08 Å². The Morgan fingerprint density at radius 3 is 2.73 bits per heavy atom. The molecule has 1 rings (SSSR count). The summed E-state index contributed by atoms with van der Waals surface area (Å²) >= 11 is 0. The number of hydrogen-bond acceptors (Lipinski definition) is 2. The molecule has 3 nitrogen and oxygen atoms in total. The number of hydrogen-bond donors (Lipinski definition) is 2. The first kappa shape index (κ1) is 11.4. The Kier molecular flexibility index (Phi) is 4.00. The van der Waals surface area contributed by atoms with Crippen LogP contribution in [0.5, 0.6) is 0 Å². The molecular formula is C11H11FO3. The van der Waals surface area contributed by atoms with Gasteiger partial charge in [-0.25, -0.2) is 4.39 Å². The summed E-state index contributed by atoms with van der Waals surface area (Å²) in [6, 6.07) is 4.10. The van der Waals surface area contributed by atoms with Gasteiger partial charge < -0.3 is 10.2 Å². The van der Waals surface area contributed by atoms with Crippen LogP contribution in [0.4, 0.5) is 4.39 Å². The van der Waals surface area contributed by atoms with Gasteiger partial charge in [-0.1, -0.05) is 12.2 Å². The zero-order valence-electron chi connectivity index (χ0n) is 7.98. The second kappa shape index (κ2) is 5.26. The fraction of sp³-hybridized carbons (Fsp3) is 0.182. The van der Waals surface area contributed by atoms with E-state index in [1.54, 1.807) is 6.07 Å². The lowest BCUT2D eigenvalue weighted by Gasteiger charge is -1.99. The molecule has 0 fully saturated rings. The Hall–Kier alpha value is -1.68. The monoisotopic (exact) mass is 210 g/mol. The molecule has 0 aromatic heterocycles. The van der Waals surface area contributed by atoms with Crippen LogP contribution in [-0.2, 0) is 11.4 Å². The van der Waals surface area contributed by atoms with E-state index in [9.17, 15) is 9.18 Å². The smallest absolute Gasteiger partial charge is 0.307 e. The fourth-order valence-electron chi connectivity index (χ4n) is 1.16. The van der Waals surface area contributed by atoms with E-state index in [4.69, 9.17) is 10.2 Å². The van der Waals surface area contributed by atoms with Gasteiger partial charge in [0.15, 0.2) is 0 Å². The van der Waals surface area contributed by atoms with Crippen LogP contribution in [0.1, 0.15) is 17.5 Å². The number of rotatable bonds is 4. The summed E-state index contributed by atoms with van der Waals surface area (Å²) in [4.78, 5) is 10.2. The van der Waals surface area contributed by atoms with Crippen molar-refractivity contribution < 1.29 is 19.4 Å². The first-order valence-electron chi connectivity index (χ1n) is 4.40. The van der Waals surface area contributed by atoms with Crippen LogP contribution in [0.15, 0.2) is 24.3 Å². The standard InChI is InChI=1S/C11H11FO3/c12-10-5-8(2-1-3-11(14)15)4-9(6-10)7-13/h1-2,4-6,13H,3,7H2,(H,14,15). The van der Waals surface area contributed by atoms with Crippen molar-refractivity contribution in [2.45, 2.75) is 13.0 Å². The van der Waals surface area contributed by atoms with E-state index in [1.807, 2.05) is 0 Å². The van der Waals surface area contributed by atoms with Crippen molar-refractivity contribution in [3.63, 3.8) is 0 Å². The third-order valence-corrected chi connectivity index (χ3v) is 1.77. The summed E-state index contributed by atoms with van der Waals surface area (Å²) in [5.74, 6) is -1.39. The van der Waals surface area contributed by atoms with Crippen LogP contribution in [0.2, 0.25) is 0 Å². The summed E-state index contributed by atoms with van der Waals surface area (Å²) < 4.78 is 12.9. The van der Waals surface area contributed by atoms with Crippen molar-refractivity contribution in [2.24, 2.45) is 0 Å². The highest BCUT2D eigenvalue weighted by molar-refractivity contribution is 5.70. The largest absolute Gasteiger partial charge is 0.481 e. The number of carboxylic acids is 1. The SMILES string of the molecule is O=C(O)CC=Cc1cc(F)cc(CO)c1. The predicted molar refractivity (Wildman–Crippen MR) is 53.6 cm³/mol. The molecule has 0 aliphatic carbocycles. The molecule has 15 heavy (non-hydrogen) atoms. The van der Waals surface area contributed by atoms with Gasteiger partial charge in [0.2, 0.25) is 0 Å². The summed E-state index contributed by atoms with van der Waals surface area (Å²) in [5.41, 5.74) is 1.00. The molecule has 0 saturated heterocycles. The maximum absolute atomic E-state index is 12.9. The van der Waals surface area contributed by atoms with Gasteiger partial charge in [-0.05, 0) is 29.3 Å². The van der Waals surface area contributed by atoms with Gasteiger partial charge in [-0.2, -0.15) is 0 Å². The summed E-state index contributed by atoms with van der Waals surface area (Å²) in [6.07, 6.45) is 2.83. The van der Waals surface area contributed by atoms with E-state index in [2.05, 4.69) is 0 Å². The number of carbonyl (C=O) groups is 1. The van der Waals surface area contributed by atoms with Crippen molar-refractivity contribution >= 4 is 12.0 Å². The number of benzene rings is 1. The highest BCUT2D eigenvalue weighted by Gasteiger charge is 1.98. The summed E-state index contributed by atoms with van der Waals surface area (Å²) in [6.45, 7) is -0.239. The van der Waals surface area contributed by atoms with Crippen molar-refractivity contribution in [3.05, 3.63) is 41.2 Å². The van der Waals surface area contributed by atoms with Crippen LogP contribution < -0.4 is 0 Å². The minimum Gasteiger partial charge on any atom is -0.481 e. The topological polar surface area (TPSA) is 57.5 Å². The van der Waals surface area contributed by atoms with E-state index < -0.39 is 11.8 Å². The Morgan fingerprint density at radius 1 is 1.40 bits per heavy atom. The van der Waals surface area contributed by atoms with Crippen molar-refractivity contribution in [3.8, 4) is 0 Å². The zero-order valence-corrected chi connectivity index (χ0v) is 7.98. The normalized spacial score (nSPS) is 10.8. The molecule has 0 bridgehead atoms. The van der Waals surface area contributed by atoms with Crippen molar-refractivity contribution in [1.29, 1.82) is 0 Å². The van der Waals surface area contributed by atoms with Gasteiger partial charge in [0.1, 0.15) is 5.82 Å². The number of aliphatic hydroxyl groups is 1. The lowest BCUT2D eigenvalue weighted by atomic mass is 10.1. The zero-order chi connectivity index (χ0) is 11.3. The molecule has 0 atom stereocenters. The molecule has 1 aromatic rings. The second-order valence-corrected chi connectivity index (χ2v) is 3.05. The van der Waals surface area contributed by atoms with Gasteiger partial charge in [0.05, 0.1) is 13.0 Å². The van der Waals surface area contributed by atoms with Gasteiger partial charge in [-0.3, -0.25) is 4.79 Å². The van der Waals surface area contributed by atoms with Crippen molar-refractivity contribution in [2.75, 3.05) is 0 Å². The lowest BCUT2D eigenvalue weighted by Crippen LogP contribution is -1.90. The maximum Gasteiger partial charge on any atom is 0.307 e. The molecule has 0 radical (unpaired) electrons. The molecule has 80 valence electrons. The van der Waals surface area contributed by atoms with E-state index in [-0.39, 0.29) is 13.0 Å². The average molecular weight is 210 g/mol. The molecule has 4 heteroatoms. The molecule has 0 aliphatic rings. The quantitative estimate of drug-likeness (QED) is 0.796. The number of carboxylic acid groups (broad SMARTS) is 1. The molecule has 0 unspecified atom stereocenters. The molecule has 0 saturated carbocycles. The fourth-order valence-corrected chi connectivity index (χ4v) is 1.16. The van der Waals surface area contributed by atoms with Gasteiger partial charge in [-0.15, -0.1) is 0 Å². The van der Waals surface area contributed by atoms with Gasteiger partial charge >= 0.3 is 5.97 Å². The molecule has 0 heterocycles. The Bertz CT molecular complexity index is 385. The molecule has 0 spiro atoms. The van der Waals surface area contributed by atoms with E-state index in [1.165, 1.54) is 24.3 Å². The van der Waals surface area contributed by atoms with E-state index in [0.717, 1.165) is 0 Å². The Balaban J connectivity index is 2.80. The average Bonchev–Trinajstić information content (AvgIpc) is 2.16. The number of halogens is 1. The third kappa shape index (κ3) is 3.91. The van der Waals surface area contributed by atoms with Gasteiger partial charge in [0, 0.05) is 0 Å². The van der Waals surface area contributed by atoms with Crippen LogP contribution >= 0.6 is 0 Å². The highest BCUT2D eigenvalue weighted by Crippen LogP contribution is 2.11. The minimum atomic E-state index is -0.940. The van der Waals surface area contributed by atoms with E-state index >= 15 is 0 Å². The lowest BCUT2D eigenvalue weighted by molar-refractivity contribution is -0.135. The molecule has 0 amide bonds. The minimum absolute atomic E-state index is 0.106.